The van der Waals surface area contributed by atoms with Crippen LogP contribution >= 0.6 is 0 Å². The molecule has 0 aliphatic heterocycles. The van der Waals surface area contributed by atoms with E-state index in [0.717, 1.165) is 25.7 Å². The van der Waals surface area contributed by atoms with Crippen molar-refractivity contribution in [2.75, 3.05) is 0 Å². The first-order valence-electron chi connectivity index (χ1n) is 7.29. The van der Waals surface area contributed by atoms with Gasteiger partial charge in [-0.2, -0.15) is 0 Å². The van der Waals surface area contributed by atoms with E-state index in [0.29, 0.717) is 6.42 Å². The summed E-state index contributed by atoms with van der Waals surface area (Å²) in [6.07, 6.45) is 11.5. The zero-order valence-electron chi connectivity index (χ0n) is 11.7. The number of nitrogens with one attached hydrogen (secondary N) is 1. The minimum absolute atomic E-state index is 0.00671. The fourth-order valence-corrected chi connectivity index (χ4v) is 2.50. The van der Waals surface area contributed by atoms with E-state index in [9.17, 15) is 9.59 Å². The van der Waals surface area contributed by atoms with Gasteiger partial charge in [-0.05, 0) is 26.2 Å². The lowest BCUT2D eigenvalue weighted by molar-refractivity contribution is -0.142. The molecule has 4 nitrogen and oxygen atoms in total. The van der Waals surface area contributed by atoms with E-state index in [4.69, 9.17) is 5.11 Å². The Morgan fingerprint density at radius 2 is 1.79 bits per heavy atom. The average Bonchev–Trinajstić information content (AvgIpc) is 2.33. The highest BCUT2D eigenvalue weighted by Gasteiger charge is 2.24. The van der Waals surface area contributed by atoms with Crippen molar-refractivity contribution < 1.29 is 14.7 Å². The Hall–Kier alpha value is -1.32. The molecule has 0 spiro atoms. The largest absolute Gasteiger partial charge is 0.480 e. The third-order valence-electron chi connectivity index (χ3n) is 3.70. The van der Waals surface area contributed by atoms with Crippen LogP contribution in [-0.2, 0) is 9.59 Å². The highest BCUT2D eigenvalue weighted by Crippen LogP contribution is 2.22. The van der Waals surface area contributed by atoms with Gasteiger partial charge in [0.25, 0.3) is 0 Å². The van der Waals surface area contributed by atoms with E-state index >= 15 is 0 Å². The van der Waals surface area contributed by atoms with E-state index in [-0.39, 0.29) is 11.8 Å². The van der Waals surface area contributed by atoms with E-state index in [1.165, 1.54) is 19.3 Å². The van der Waals surface area contributed by atoms with Crippen molar-refractivity contribution in [3.8, 4) is 0 Å². The van der Waals surface area contributed by atoms with E-state index in [2.05, 4.69) is 5.32 Å². The van der Waals surface area contributed by atoms with Crippen molar-refractivity contribution in [2.45, 2.75) is 64.3 Å². The van der Waals surface area contributed by atoms with Gasteiger partial charge in [0.05, 0.1) is 0 Å². The molecule has 0 radical (unpaired) electrons. The topological polar surface area (TPSA) is 66.4 Å². The molecule has 0 saturated heterocycles. The molecule has 1 amide bonds. The normalized spacial score (nSPS) is 19.6. The van der Waals surface area contributed by atoms with Crippen molar-refractivity contribution in [3.63, 3.8) is 0 Å². The van der Waals surface area contributed by atoms with Crippen molar-refractivity contribution in [1.29, 1.82) is 0 Å². The van der Waals surface area contributed by atoms with E-state index < -0.39 is 12.0 Å². The predicted octanol–water partition coefficient (Wildman–Crippen LogP) is 2.88. The first kappa shape index (κ1) is 15.7. The van der Waals surface area contributed by atoms with Gasteiger partial charge < -0.3 is 10.4 Å². The highest BCUT2D eigenvalue weighted by molar-refractivity contribution is 5.85. The number of amides is 1. The smallest absolute Gasteiger partial charge is 0.326 e. The lowest BCUT2D eigenvalue weighted by Crippen LogP contribution is -2.43. The van der Waals surface area contributed by atoms with Gasteiger partial charge in [-0.1, -0.05) is 44.3 Å². The molecule has 1 aliphatic rings. The monoisotopic (exact) mass is 267 g/mol. The summed E-state index contributed by atoms with van der Waals surface area (Å²) in [5, 5.41) is 11.8. The Bertz CT molecular complexity index is 317. The van der Waals surface area contributed by atoms with Gasteiger partial charge in [-0.25, -0.2) is 4.79 Å². The fourth-order valence-electron chi connectivity index (χ4n) is 2.50. The van der Waals surface area contributed by atoms with Crippen LogP contribution in [0.4, 0.5) is 0 Å². The third-order valence-corrected chi connectivity index (χ3v) is 3.70. The molecule has 0 aromatic rings. The maximum Gasteiger partial charge on any atom is 0.326 e. The lowest BCUT2D eigenvalue weighted by atomic mass is 9.90. The summed E-state index contributed by atoms with van der Waals surface area (Å²) in [6.45, 7) is 1.84. The number of allylic oxidation sites excluding steroid dienone is 1. The van der Waals surface area contributed by atoms with Gasteiger partial charge in [0.2, 0.25) is 5.91 Å². The van der Waals surface area contributed by atoms with Crippen LogP contribution in [-0.4, -0.2) is 23.0 Å². The molecular weight excluding hydrogens is 242 g/mol. The minimum atomic E-state index is -0.961. The molecule has 108 valence electrons. The molecule has 0 bridgehead atoms. The molecule has 0 heterocycles. The summed E-state index contributed by atoms with van der Waals surface area (Å²) in [4.78, 5) is 23.2. The number of carbonyl (C=O) groups excluding carboxylic acids is 1. The lowest BCUT2D eigenvalue weighted by Gasteiger charge is -2.21. The summed E-state index contributed by atoms with van der Waals surface area (Å²) in [7, 11) is 0. The number of carboxylic acid groups (broad SMARTS) is 1. The number of aliphatic carboxylic acids is 1. The van der Waals surface area contributed by atoms with Gasteiger partial charge in [-0.3, -0.25) is 4.79 Å². The average molecular weight is 267 g/mol. The maximum absolute atomic E-state index is 12.1. The van der Waals surface area contributed by atoms with Crippen LogP contribution in [0.3, 0.4) is 0 Å². The molecule has 2 N–H and O–H groups in total. The Labute approximate surface area is 115 Å². The van der Waals surface area contributed by atoms with Crippen LogP contribution in [0.5, 0.6) is 0 Å². The van der Waals surface area contributed by atoms with Crippen LogP contribution in [0, 0.1) is 5.92 Å². The summed E-state index contributed by atoms with van der Waals surface area (Å²) >= 11 is 0. The van der Waals surface area contributed by atoms with Crippen molar-refractivity contribution >= 4 is 11.9 Å². The predicted molar refractivity (Wildman–Crippen MR) is 74.8 cm³/mol. The van der Waals surface area contributed by atoms with Gasteiger partial charge in [0.1, 0.15) is 6.04 Å². The van der Waals surface area contributed by atoms with Crippen LogP contribution < -0.4 is 5.32 Å². The quantitative estimate of drug-likeness (QED) is 0.753. The van der Waals surface area contributed by atoms with E-state index in [1.807, 2.05) is 6.92 Å². The second kappa shape index (κ2) is 8.73. The Kier molecular flexibility index (Phi) is 7.23. The first-order valence-corrected chi connectivity index (χ1v) is 7.29. The summed E-state index contributed by atoms with van der Waals surface area (Å²) < 4.78 is 0. The Morgan fingerprint density at radius 3 is 2.32 bits per heavy atom. The first-order chi connectivity index (χ1) is 9.15. The number of hydrogen-bond donors (Lipinski definition) is 2. The summed E-state index contributed by atoms with van der Waals surface area (Å²) in [6, 6.07) is -0.797. The molecule has 19 heavy (non-hydrogen) atoms. The van der Waals surface area contributed by atoms with Crippen LogP contribution in [0.2, 0.25) is 0 Å². The van der Waals surface area contributed by atoms with Crippen LogP contribution in [0.15, 0.2) is 12.2 Å². The van der Waals surface area contributed by atoms with Crippen molar-refractivity contribution in [1.82, 2.24) is 5.32 Å². The molecule has 1 rings (SSSR count). The van der Waals surface area contributed by atoms with E-state index in [1.54, 1.807) is 12.2 Å². The standard InChI is InChI=1S/C15H25NO3/c1-2-3-11-13(15(18)19)16-14(17)12-9-7-5-4-6-8-10-12/h2-3,12-13H,4-11H2,1H3,(H,16,17)(H,18,19)/b3-2+. The molecular formula is C15H25NO3. The second-order valence-electron chi connectivity index (χ2n) is 5.25. The number of hydrogen-bond acceptors (Lipinski definition) is 2. The Morgan fingerprint density at radius 1 is 1.21 bits per heavy atom. The van der Waals surface area contributed by atoms with Gasteiger partial charge in [0.15, 0.2) is 0 Å². The molecule has 1 saturated carbocycles. The third kappa shape index (κ3) is 5.90. The summed E-state index contributed by atoms with van der Waals surface area (Å²) in [5.41, 5.74) is 0. The highest BCUT2D eigenvalue weighted by atomic mass is 16.4. The van der Waals surface area contributed by atoms with Gasteiger partial charge in [0, 0.05) is 5.92 Å². The van der Waals surface area contributed by atoms with Crippen LogP contribution in [0.25, 0.3) is 0 Å². The molecule has 1 unspecified atom stereocenters. The molecule has 1 fully saturated rings. The zero-order valence-corrected chi connectivity index (χ0v) is 11.7. The molecule has 1 aliphatic carbocycles. The minimum Gasteiger partial charge on any atom is -0.480 e. The summed E-state index contributed by atoms with van der Waals surface area (Å²) in [5.74, 6) is -1.05. The second-order valence-corrected chi connectivity index (χ2v) is 5.25. The van der Waals surface area contributed by atoms with Crippen LogP contribution in [0.1, 0.15) is 58.3 Å². The number of rotatable bonds is 5. The van der Waals surface area contributed by atoms with Crippen molar-refractivity contribution in [3.05, 3.63) is 12.2 Å². The zero-order chi connectivity index (χ0) is 14.1. The molecule has 1 atom stereocenters. The van der Waals surface area contributed by atoms with Crippen molar-refractivity contribution in [2.24, 2.45) is 5.92 Å². The SMILES string of the molecule is C/C=C/CC(NC(=O)C1CCCCCCC1)C(=O)O. The fraction of sp³-hybridized carbons (Fsp3) is 0.733. The molecule has 4 heteroatoms. The van der Waals surface area contributed by atoms with Gasteiger partial charge >= 0.3 is 5.97 Å². The number of carbonyl (C=O) groups is 2. The molecule has 0 aromatic heterocycles. The maximum atomic E-state index is 12.1. The molecule has 0 aromatic carbocycles. The Balaban J connectivity index is 2.51. The number of carboxylic acids is 1. The van der Waals surface area contributed by atoms with Gasteiger partial charge in [-0.15, -0.1) is 0 Å².